The molecule has 2 aliphatic heterocycles. The van der Waals surface area contributed by atoms with Crippen molar-refractivity contribution in [2.75, 3.05) is 53.6 Å². The zero-order chi connectivity index (χ0) is 27.1. The molecule has 204 valence electrons. The Balaban J connectivity index is 1.58. The monoisotopic (exact) mass is 521 g/mol. The molecule has 8 nitrogen and oxygen atoms in total. The first-order chi connectivity index (χ1) is 18.4. The Bertz CT molecular complexity index is 1140. The third-order valence-electron chi connectivity index (χ3n) is 7.36. The summed E-state index contributed by atoms with van der Waals surface area (Å²) in [7, 11) is 3.75. The van der Waals surface area contributed by atoms with E-state index in [1.54, 1.807) is 24.3 Å². The van der Waals surface area contributed by atoms with Crippen LogP contribution in [0.1, 0.15) is 48.2 Å². The van der Waals surface area contributed by atoms with Crippen molar-refractivity contribution < 1.29 is 24.1 Å². The van der Waals surface area contributed by atoms with Crippen LogP contribution >= 0.6 is 0 Å². The van der Waals surface area contributed by atoms with Crippen LogP contribution < -0.4 is 9.47 Å². The predicted molar refractivity (Wildman–Crippen MR) is 145 cm³/mol. The maximum absolute atomic E-state index is 13.6. The standard InChI is InChI=1S/C30H39N3O5/c1-21-17-33(22(2)20-34)30(35)27-15-25(6-5-23-7-9-26(36-4)10-8-23)16-31-29(27)38-28(21)19-32(3)18-24-11-13-37-14-12-24/h7-10,15-16,21-22,24,28,34H,11-14,17-20H2,1-4H3/t21-,22-,28-/m0/s1. The minimum atomic E-state index is -0.328. The van der Waals surface area contributed by atoms with Gasteiger partial charge in [0.2, 0.25) is 5.88 Å². The van der Waals surface area contributed by atoms with Crippen LogP contribution in [-0.2, 0) is 4.74 Å². The molecule has 0 bridgehead atoms. The second-order valence-corrected chi connectivity index (χ2v) is 10.5. The highest BCUT2D eigenvalue weighted by Crippen LogP contribution is 2.28. The Morgan fingerprint density at radius 2 is 1.89 bits per heavy atom. The molecule has 8 heteroatoms. The summed E-state index contributed by atoms with van der Waals surface area (Å²) in [6.45, 7) is 7.67. The quantitative estimate of drug-likeness (QED) is 0.561. The summed E-state index contributed by atoms with van der Waals surface area (Å²) in [6, 6.07) is 8.90. The van der Waals surface area contributed by atoms with Gasteiger partial charge in [-0.2, -0.15) is 0 Å². The Hall–Kier alpha value is -3.12. The fourth-order valence-electron chi connectivity index (χ4n) is 4.96. The molecule has 1 saturated heterocycles. The summed E-state index contributed by atoms with van der Waals surface area (Å²) in [5.41, 5.74) is 1.82. The number of nitrogens with zero attached hydrogens (tertiary/aromatic N) is 3. The van der Waals surface area contributed by atoms with Gasteiger partial charge >= 0.3 is 0 Å². The Morgan fingerprint density at radius 1 is 1.18 bits per heavy atom. The molecule has 0 unspecified atom stereocenters. The van der Waals surface area contributed by atoms with E-state index in [-0.39, 0.29) is 30.6 Å². The molecule has 0 radical (unpaired) electrons. The number of hydrogen-bond acceptors (Lipinski definition) is 7. The van der Waals surface area contributed by atoms with Gasteiger partial charge in [0.05, 0.1) is 19.8 Å². The molecule has 1 fully saturated rings. The number of carbonyl (C=O) groups excluding carboxylic acids is 1. The van der Waals surface area contributed by atoms with Crippen LogP contribution in [0, 0.1) is 23.7 Å². The van der Waals surface area contributed by atoms with Crippen molar-refractivity contribution in [1.29, 1.82) is 0 Å². The smallest absolute Gasteiger partial charge is 0.259 e. The Morgan fingerprint density at radius 3 is 2.58 bits per heavy atom. The number of aromatic nitrogens is 1. The summed E-state index contributed by atoms with van der Waals surface area (Å²) in [5, 5.41) is 9.91. The Labute approximate surface area is 225 Å². The molecule has 4 rings (SSSR count). The van der Waals surface area contributed by atoms with Gasteiger partial charge in [-0.05, 0) is 63.1 Å². The third-order valence-corrected chi connectivity index (χ3v) is 7.36. The highest BCUT2D eigenvalue weighted by Gasteiger charge is 2.34. The second-order valence-electron chi connectivity index (χ2n) is 10.5. The summed E-state index contributed by atoms with van der Waals surface area (Å²) in [5.74, 6) is 7.77. The van der Waals surface area contributed by atoms with Gasteiger partial charge in [0.1, 0.15) is 17.4 Å². The molecule has 1 aromatic carbocycles. The van der Waals surface area contributed by atoms with Crippen LogP contribution in [0.15, 0.2) is 36.5 Å². The number of carbonyl (C=O) groups is 1. The normalized spacial score (nSPS) is 21.0. The molecule has 2 aromatic rings. The van der Waals surface area contributed by atoms with Crippen molar-refractivity contribution in [3.63, 3.8) is 0 Å². The lowest BCUT2D eigenvalue weighted by Gasteiger charge is -2.38. The lowest BCUT2D eigenvalue weighted by molar-refractivity contribution is 0.0254. The lowest BCUT2D eigenvalue weighted by atomic mass is 9.97. The molecule has 1 amide bonds. The van der Waals surface area contributed by atoms with Gasteiger partial charge in [-0.15, -0.1) is 0 Å². The van der Waals surface area contributed by atoms with Gasteiger partial charge in [0.25, 0.3) is 5.91 Å². The van der Waals surface area contributed by atoms with Crippen LogP contribution in [0.4, 0.5) is 0 Å². The first-order valence-electron chi connectivity index (χ1n) is 13.4. The number of benzene rings is 1. The average molecular weight is 522 g/mol. The third kappa shape index (κ3) is 7.04. The Kier molecular flexibility index (Phi) is 9.62. The maximum Gasteiger partial charge on any atom is 0.259 e. The van der Waals surface area contributed by atoms with Crippen LogP contribution in [0.2, 0.25) is 0 Å². The molecular formula is C30H39N3O5. The lowest BCUT2D eigenvalue weighted by Crippen LogP contribution is -2.50. The van der Waals surface area contributed by atoms with E-state index in [1.165, 1.54) is 0 Å². The highest BCUT2D eigenvalue weighted by molar-refractivity contribution is 5.97. The van der Waals surface area contributed by atoms with Gasteiger partial charge in [-0.1, -0.05) is 18.8 Å². The van der Waals surface area contributed by atoms with E-state index in [4.69, 9.17) is 14.2 Å². The minimum absolute atomic E-state index is 0.0505. The average Bonchev–Trinajstić information content (AvgIpc) is 2.94. The number of fused-ring (bicyclic) bond motifs is 1. The van der Waals surface area contributed by atoms with E-state index in [2.05, 4.69) is 35.7 Å². The van der Waals surface area contributed by atoms with E-state index < -0.39 is 0 Å². The molecular weight excluding hydrogens is 482 g/mol. The van der Waals surface area contributed by atoms with Crippen molar-refractivity contribution in [3.05, 3.63) is 53.2 Å². The number of methoxy groups -OCH3 is 1. The summed E-state index contributed by atoms with van der Waals surface area (Å²) in [4.78, 5) is 22.2. The van der Waals surface area contributed by atoms with Gasteiger partial charge in [-0.25, -0.2) is 4.98 Å². The number of aliphatic hydroxyl groups excluding tert-OH is 1. The van der Waals surface area contributed by atoms with Crippen molar-refractivity contribution >= 4 is 5.91 Å². The number of pyridine rings is 1. The van der Waals surface area contributed by atoms with E-state index in [9.17, 15) is 9.90 Å². The molecule has 2 aliphatic rings. The maximum atomic E-state index is 13.6. The highest BCUT2D eigenvalue weighted by atomic mass is 16.5. The van der Waals surface area contributed by atoms with Crippen LogP contribution in [-0.4, -0.2) is 91.6 Å². The summed E-state index contributed by atoms with van der Waals surface area (Å²) < 4.78 is 17.1. The molecule has 1 N–H and O–H groups in total. The number of rotatable bonds is 7. The molecule has 38 heavy (non-hydrogen) atoms. The van der Waals surface area contributed by atoms with Crippen LogP contribution in [0.3, 0.4) is 0 Å². The van der Waals surface area contributed by atoms with E-state index >= 15 is 0 Å². The van der Waals surface area contributed by atoms with Crippen molar-refractivity contribution in [3.8, 4) is 23.5 Å². The fraction of sp³-hybridized carbons (Fsp3) is 0.533. The zero-order valence-corrected chi connectivity index (χ0v) is 22.9. The number of likely N-dealkylation sites (N-methyl/N-ethyl adjacent to an activating group) is 1. The first kappa shape index (κ1) is 27.9. The fourth-order valence-corrected chi connectivity index (χ4v) is 4.96. The first-order valence-corrected chi connectivity index (χ1v) is 13.4. The molecule has 0 saturated carbocycles. The molecule has 0 spiro atoms. The van der Waals surface area contributed by atoms with Gasteiger partial charge in [0.15, 0.2) is 0 Å². The molecule has 3 heterocycles. The summed E-state index contributed by atoms with van der Waals surface area (Å²) >= 11 is 0. The van der Waals surface area contributed by atoms with Gasteiger partial charge < -0.3 is 29.1 Å². The SMILES string of the molecule is COc1ccc(C#Cc2cnc3c(c2)C(=O)N([C@@H](C)CO)C[C@H](C)[C@H](CN(C)CC2CCOCC2)O3)cc1. The zero-order valence-electron chi connectivity index (χ0n) is 22.9. The number of hydrogen-bond donors (Lipinski definition) is 1. The van der Waals surface area contributed by atoms with Crippen LogP contribution in [0.25, 0.3) is 0 Å². The molecule has 1 aromatic heterocycles. The van der Waals surface area contributed by atoms with Crippen molar-refractivity contribution in [2.24, 2.45) is 11.8 Å². The van der Waals surface area contributed by atoms with E-state index in [0.717, 1.165) is 43.9 Å². The van der Waals surface area contributed by atoms with Crippen LogP contribution in [0.5, 0.6) is 11.6 Å². The molecule has 3 atom stereocenters. The van der Waals surface area contributed by atoms with Crippen molar-refractivity contribution in [2.45, 2.75) is 38.8 Å². The molecule has 0 aliphatic carbocycles. The topological polar surface area (TPSA) is 84.4 Å². The van der Waals surface area contributed by atoms with E-state index in [0.29, 0.717) is 36.0 Å². The van der Waals surface area contributed by atoms with Gasteiger partial charge in [0, 0.05) is 56.1 Å². The predicted octanol–water partition coefficient (Wildman–Crippen LogP) is 3.07. The van der Waals surface area contributed by atoms with Gasteiger partial charge in [-0.3, -0.25) is 4.79 Å². The number of ether oxygens (including phenoxy) is 3. The largest absolute Gasteiger partial charge is 0.497 e. The minimum Gasteiger partial charge on any atom is -0.497 e. The summed E-state index contributed by atoms with van der Waals surface area (Å²) in [6.07, 6.45) is 3.64. The van der Waals surface area contributed by atoms with E-state index in [1.807, 2.05) is 31.2 Å². The number of aliphatic hydroxyl groups is 1. The number of amides is 1. The van der Waals surface area contributed by atoms with Crippen molar-refractivity contribution in [1.82, 2.24) is 14.8 Å². The second kappa shape index (κ2) is 13.1.